The molecule has 0 saturated carbocycles. The molecule has 0 rings (SSSR count). The largest absolute Gasteiger partial charge is 0.460 e. The minimum absolute atomic E-state index is 0.600. The average Bonchev–Trinajstić information content (AvgIpc) is 2.45. The second-order valence-corrected chi connectivity index (χ2v) is 6.88. The lowest BCUT2D eigenvalue weighted by atomic mass is 9.98. The molecule has 0 saturated heterocycles. The first kappa shape index (κ1) is 26.0. The molecule has 0 amide bonds. The van der Waals surface area contributed by atoms with Crippen LogP contribution >= 0.6 is 0 Å². The number of rotatable bonds is 8. The van der Waals surface area contributed by atoms with E-state index in [1.807, 2.05) is 0 Å². The maximum absolute atomic E-state index is 13.6. The van der Waals surface area contributed by atoms with Gasteiger partial charge in [0.2, 0.25) is 0 Å². The number of hydrogen-bond donors (Lipinski definition) is 0. The minimum atomic E-state index is -8.14. The molecule has 0 aromatic carbocycles. The van der Waals surface area contributed by atoms with E-state index in [1.54, 1.807) is 0 Å². The Balaban J connectivity index is 6.65. The Hall–Kier alpha value is -1.00. The number of alkyl halides is 13. The van der Waals surface area contributed by atoms with E-state index in [1.165, 1.54) is 0 Å². The molecule has 0 bridgehead atoms. The highest BCUT2D eigenvalue weighted by Gasteiger charge is 2.92. The van der Waals surface area contributed by atoms with Crippen LogP contribution in [0, 0.1) is 0 Å². The maximum Gasteiger partial charge on any atom is 0.460 e. The van der Waals surface area contributed by atoms with Gasteiger partial charge in [-0.2, -0.15) is 61.4 Å². The summed E-state index contributed by atoms with van der Waals surface area (Å²) in [5.41, 5.74) is 0. The first-order valence-corrected chi connectivity index (χ1v) is 7.91. The van der Waals surface area contributed by atoms with Crippen molar-refractivity contribution in [2.24, 2.45) is 0 Å². The fraction of sp³-hybridized carbons (Fsp3) is 1.00. The molecule has 0 aliphatic carbocycles. The summed E-state index contributed by atoms with van der Waals surface area (Å²) in [7, 11) is -6.87. The van der Waals surface area contributed by atoms with E-state index < -0.39 is 62.5 Å². The molecule has 0 aromatic rings. The lowest BCUT2D eigenvalue weighted by Crippen LogP contribution is -2.71. The third-order valence-electron chi connectivity index (χ3n) is 3.27. The van der Waals surface area contributed by atoms with E-state index in [4.69, 9.17) is 0 Å². The van der Waals surface area contributed by atoms with Crippen LogP contribution in [0.3, 0.4) is 0 Å². The first-order chi connectivity index (χ1) is 11.5. The first-order valence-electron chi connectivity index (χ1n) is 6.47. The average molecular weight is 455 g/mol. The summed E-state index contributed by atoms with van der Waals surface area (Å²) < 4.78 is 190. The van der Waals surface area contributed by atoms with Crippen LogP contribution in [0.1, 0.15) is 13.8 Å². The van der Waals surface area contributed by atoms with Crippen LogP contribution in [-0.4, -0.2) is 60.9 Å². The quantitative estimate of drug-likeness (QED) is 0.511. The SMILES string of the molecule is CCN(CC)S(=O)(=O)C(F)(F)C(F)(F)C(F)(F)C(F)(F)C(F)(F)C(F)(F)F. The Labute approximate surface area is 143 Å². The van der Waals surface area contributed by atoms with E-state index in [-0.39, 0.29) is 0 Å². The van der Waals surface area contributed by atoms with Crippen molar-refractivity contribution >= 4 is 10.0 Å². The summed E-state index contributed by atoms with van der Waals surface area (Å²) in [5.74, 6) is -32.0. The maximum atomic E-state index is 13.6. The van der Waals surface area contributed by atoms with Gasteiger partial charge in [0.25, 0.3) is 10.0 Å². The van der Waals surface area contributed by atoms with Crippen LogP contribution < -0.4 is 0 Å². The standard InChI is InChI=1S/C10H10F13NO2S/c1-3-24(4-2)27(25,26)10(22,23)8(17,18)6(13,14)5(11,12)7(15,16)9(19,20)21/h3-4H2,1-2H3. The van der Waals surface area contributed by atoms with E-state index in [9.17, 15) is 65.5 Å². The molecule has 27 heavy (non-hydrogen) atoms. The summed E-state index contributed by atoms with van der Waals surface area (Å²) in [6.07, 6.45) is -7.55. The van der Waals surface area contributed by atoms with Crippen LogP contribution in [0.4, 0.5) is 57.1 Å². The van der Waals surface area contributed by atoms with Gasteiger partial charge in [-0.15, -0.1) is 0 Å². The zero-order valence-electron chi connectivity index (χ0n) is 13.0. The number of halogens is 13. The van der Waals surface area contributed by atoms with Gasteiger partial charge in [-0.25, -0.2) is 8.42 Å². The summed E-state index contributed by atoms with van der Waals surface area (Å²) in [6.45, 7) is -0.657. The van der Waals surface area contributed by atoms with Gasteiger partial charge in [-0.1, -0.05) is 13.8 Å². The Morgan fingerprint density at radius 3 is 1.15 bits per heavy atom. The van der Waals surface area contributed by atoms with E-state index >= 15 is 0 Å². The molecule has 0 fully saturated rings. The fourth-order valence-electron chi connectivity index (χ4n) is 1.64. The molecule has 0 unspecified atom stereocenters. The van der Waals surface area contributed by atoms with Gasteiger partial charge in [0.1, 0.15) is 0 Å². The molecule has 0 aliphatic rings. The second-order valence-electron chi connectivity index (χ2n) is 4.90. The van der Waals surface area contributed by atoms with Crippen LogP contribution in [0.15, 0.2) is 0 Å². The zero-order valence-corrected chi connectivity index (χ0v) is 13.8. The Morgan fingerprint density at radius 2 is 0.889 bits per heavy atom. The predicted molar refractivity (Wildman–Crippen MR) is 62.6 cm³/mol. The van der Waals surface area contributed by atoms with Crippen molar-refractivity contribution in [2.45, 2.75) is 49.0 Å². The number of hydrogen-bond acceptors (Lipinski definition) is 2. The van der Waals surface area contributed by atoms with Crippen molar-refractivity contribution in [2.75, 3.05) is 13.1 Å². The molecule has 0 N–H and O–H groups in total. The van der Waals surface area contributed by atoms with E-state index in [0.29, 0.717) is 0 Å². The van der Waals surface area contributed by atoms with Gasteiger partial charge in [-0.05, 0) is 0 Å². The Kier molecular flexibility index (Phi) is 6.55. The normalized spacial score (nSPS) is 16.1. The van der Waals surface area contributed by atoms with Crippen molar-refractivity contribution in [1.29, 1.82) is 0 Å². The number of nitrogens with zero attached hydrogens (tertiary/aromatic N) is 1. The van der Waals surface area contributed by atoms with Crippen LogP contribution in [0.2, 0.25) is 0 Å². The van der Waals surface area contributed by atoms with Crippen LogP contribution in [0.25, 0.3) is 0 Å². The number of sulfonamides is 1. The van der Waals surface area contributed by atoms with E-state index in [2.05, 4.69) is 0 Å². The molecule has 0 radical (unpaired) electrons. The highest BCUT2D eigenvalue weighted by molar-refractivity contribution is 7.90. The van der Waals surface area contributed by atoms with Crippen LogP contribution in [0.5, 0.6) is 0 Å². The van der Waals surface area contributed by atoms with Gasteiger partial charge >= 0.3 is 35.1 Å². The van der Waals surface area contributed by atoms with Crippen LogP contribution in [-0.2, 0) is 10.0 Å². The molecule has 17 heteroatoms. The summed E-state index contributed by atoms with van der Waals surface area (Å²) in [4.78, 5) is 0. The zero-order chi connectivity index (χ0) is 22.5. The highest BCUT2D eigenvalue weighted by Crippen LogP contribution is 2.61. The molecule has 0 atom stereocenters. The second kappa shape index (κ2) is 6.81. The van der Waals surface area contributed by atoms with Crippen molar-refractivity contribution in [3.63, 3.8) is 0 Å². The van der Waals surface area contributed by atoms with E-state index in [0.717, 1.165) is 13.8 Å². The molecule has 3 nitrogen and oxygen atoms in total. The lowest BCUT2D eigenvalue weighted by molar-refractivity contribution is -0.433. The van der Waals surface area contributed by atoms with Gasteiger partial charge in [0, 0.05) is 13.1 Å². The monoisotopic (exact) mass is 455 g/mol. The fourth-order valence-corrected chi connectivity index (χ4v) is 3.10. The van der Waals surface area contributed by atoms with Crippen molar-refractivity contribution < 1.29 is 65.5 Å². The predicted octanol–water partition coefficient (Wildman–Crippen LogP) is 4.35. The Morgan fingerprint density at radius 1 is 0.593 bits per heavy atom. The lowest BCUT2D eigenvalue weighted by Gasteiger charge is -2.40. The van der Waals surface area contributed by atoms with Crippen molar-refractivity contribution in [3.05, 3.63) is 0 Å². The molecule has 0 aromatic heterocycles. The molecule has 164 valence electrons. The van der Waals surface area contributed by atoms with Crippen molar-refractivity contribution in [1.82, 2.24) is 4.31 Å². The third kappa shape index (κ3) is 3.33. The molecular weight excluding hydrogens is 445 g/mol. The summed E-state index contributed by atoms with van der Waals surface area (Å²) >= 11 is 0. The topological polar surface area (TPSA) is 37.4 Å². The Bertz CT molecular complexity index is 636. The van der Waals surface area contributed by atoms with Gasteiger partial charge < -0.3 is 0 Å². The molecular formula is C10H10F13NO2S. The summed E-state index contributed by atoms with van der Waals surface area (Å²) in [6, 6.07) is 0. The smallest absolute Gasteiger partial charge is 0.206 e. The van der Waals surface area contributed by atoms with Gasteiger partial charge in [0.15, 0.2) is 0 Å². The third-order valence-corrected chi connectivity index (χ3v) is 5.37. The van der Waals surface area contributed by atoms with Crippen molar-refractivity contribution in [3.8, 4) is 0 Å². The molecule has 0 heterocycles. The highest BCUT2D eigenvalue weighted by atomic mass is 32.2. The van der Waals surface area contributed by atoms with Gasteiger partial charge in [-0.3, -0.25) is 0 Å². The molecule has 0 spiro atoms. The summed E-state index contributed by atoms with van der Waals surface area (Å²) in [5, 5.41) is -7.17. The minimum Gasteiger partial charge on any atom is -0.206 e. The van der Waals surface area contributed by atoms with Gasteiger partial charge in [0.05, 0.1) is 0 Å². The molecule has 0 aliphatic heterocycles.